The Labute approximate surface area is 126 Å². The topological polar surface area (TPSA) is 107 Å². The maximum absolute atomic E-state index is 12.9. The first-order chi connectivity index (χ1) is 10.0. The zero-order valence-electron chi connectivity index (χ0n) is 12.0. The molecule has 0 spiro atoms. The summed E-state index contributed by atoms with van der Waals surface area (Å²) in [6.45, 7) is 0.760. The van der Waals surface area contributed by atoms with E-state index in [9.17, 15) is 26.8 Å². The molecule has 7 nitrogen and oxygen atoms in total. The molecule has 0 aromatic rings. The average molecular weight is 344 g/mol. The Morgan fingerprint density at radius 3 is 2.27 bits per heavy atom. The zero-order valence-corrected chi connectivity index (χ0v) is 12.8. The van der Waals surface area contributed by atoms with Crippen LogP contribution >= 0.6 is 0 Å². The van der Waals surface area contributed by atoms with E-state index >= 15 is 0 Å². The monoisotopic (exact) mass is 344 g/mol. The third-order valence-electron chi connectivity index (χ3n) is 3.43. The van der Waals surface area contributed by atoms with Gasteiger partial charge in [-0.3, -0.25) is 4.55 Å². The fraction of sp³-hybridized carbons (Fsp3) is 0.833. The molecule has 0 saturated heterocycles. The van der Waals surface area contributed by atoms with E-state index in [0.717, 1.165) is 19.3 Å². The second-order valence-corrected chi connectivity index (χ2v) is 6.65. The highest BCUT2D eigenvalue weighted by atomic mass is 32.2. The molecular formula is C12H18F2O7S. The summed E-state index contributed by atoms with van der Waals surface area (Å²) >= 11 is 0. The lowest BCUT2D eigenvalue weighted by Crippen LogP contribution is -2.40. The van der Waals surface area contributed by atoms with E-state index in [1.54, 1.807) is 0 Å². The van der Waals surface area contributed by atoms with E-state index in [0.29, 0.717) is 19.3 Å². The molecule has 0 aliphatic heterocycles. The number of hydrogen-bond donors (Lipinski definition) is 1. The lowest BCUT2D eigenvalue weighted by Gasteiger charge is -2.28. The van der Waals surface area contributed by atoms with Gasteiger partial charge in [-0.25, -0.2) is 9.59 Å². The predicted molar refractivity (Wildman–Crippen MR) is 69.7 cm³/mol. The van der Waals surface area contributed by atoms with Crippen molar-refractivity contribution < 1.29 is 40.8 Å². The van der Waals surface area contributed by atoms with Gasteiger partial charge in [-0.2, -0.15) is 17.2 Å². The third kappa shape index (κ3) is 4.35. The summed E-state index contributed by atoms with van der Waals surface area (Å²) in [7, 11) is -5.95. The molecule has 0 aromatic carbocycles. The summed E-state index contributed by atoms with van der Waals surface area (Å²) in [5.74, 6) is -3.56. The van der Waals surface area contributed by atoms with Crippen LogP contribution < -0.4 is 0 Å². The number of carbonyl (C=O) groups is 2. The normalized spacial score (nSPS) is 18.0. The van der Waals surface area contributed by atoms with Gasteiger partial charge in [0.25, 0.3) is 0 Å². The van der Waals surface area contributed by atoms with Gasteiger partial charge in [0.15, 0.2) is 6.61 Å². The van der Waals surface area contributed by atoms with Crippen LogP contribution in [0.15, 0.2) is 0 Å². The van der Waals surface area contributed by atoms with E-state index in [-0.39, 0.29) is 0 Å². The van der Waals surface area contributed by atoms with Gasteiger partial charge in [-0.05, 0) is 32.1 Å². The van der Waals surface area contributed by atoms with Crippen LogP contribution in [0.4, 0.5) is 8.78 Å². The molecular weight excluding hydrogens is 326 g/mol. The molecule has 0 radical (unpaired) electrons. The molecule has 1 aliphatic carbocycles. The molecule has 0 unspecified atom stereocenters. The molecule has 1 fully saturated rings. The Balaban J connectivity index is 2.58. The van der Waals surface area contributed by atoms with Crippen molar-refractivity contribution in [2.24, 2.45) is 0 Å². The first-order valence-electron chi connectivity index (χ1n) is 6.78. The van der Waals surface area contributed by atoms with Gasteiger partial charge < -0.3 is 9.47 Å². The van der Waals surface area contributed by atoms with Crippen molar-refractivity contribution in [3.63, 3.8) is 0 Å². The summed E-state index contributed by atoms with van der Waals surface area (Å²) in [4.78, 5) is 22.5. The SMILES string of the molecule is CCCC1(OC(=O)COC(=O)C(F)(F)S(=O)(=O)O)CCCC1. The Hall–Kier alpha value is -1.29. The number of halogens is 2. The van der Waals surface area contributed by atoms with Crippen molar-refractivity contribution in [3.05, 3.63) is 0 Å². The highest BCUT2D eigenvalue weighted by Crippen LogP contribution is 2.37. The standard InChI is InChI=1S/C12H18F2O7S/c1-2-5-11(6-3-4-7-11)21-9(15)8-20-10(16)12(13,14)22(17,18)19/h2-8H2,1H3,(H,17,18,19). The fourth-order valence-corrected chi connectivity index (χ4v) is 2.73. The predicted octanol–water partition coefficient (Wildman–Crippen LogP) is 1.67. The summed E-state index contributed by atoms with van der Waals surface area (Å²) < 4.78 is 63.9. The molecule has 22 heavy (non-hydrogen) atoms. The Bertz CT molecular complexity index is 524. The molecule has 0 atom stereocenters. The molecule has 1 saturated carbocycles. The lowest BCUT2D eigenvalue weighted by molar-refractivity contribution is -0.177. The van der Waals surface area contributed by atoms with Crippen LogP contribution in [0.3, 0.4) is 0 Å². The minimum Gasteiger partial charge on any atom is -0.457 e. The largest absolute Gasteiger partial charge is 0.465 e. The Kier molecular flexibility index (Phi) is 5.85. The van der Waals surface area contributed by atoms with E-state index < -0.39 is 39.5 Å². The second kappa shape index (κ2) is 6.86. The highest BCUT2D eigenvalue weighted by molar-refractivity contribution is 7.87. The number of alkyl halides is 2. The molecule has 128 valence electrons. The van der Waals surface area contributed by atoms with Gasteiger partial charge in [0.05, 0.1) is 0 Å². The van der Waals surface area contributed by atoms with Crippen molar-refractivity contribution >= 4 is 22.1 Å². The van der Waals surface area contributed by atoms with Crippen molar-refractivity contribution in [1.29, 1.82) is 0 Å². The molecule has 0 amide bonds. The van der Waals surface area contributed by atoms with Gasteiger partial charge in [0.1, 0.15) is 5.60 Å². The minimum atomic E-state index is -5.95. The van der Waals surface area contributed by atoms with E-state index in [1.807, 2.05) is 6.92 Å². The van der Waals surface area contributed by atoms with Gasteiger partial charge in [0, 0.05) is 0 Å². The molecule has 1 aliphatic rings. The maximum Gasteiger partial charge on any atom is 0.465 e. The van der Waals surface area contributed by atoms with Gasteiger partial charge >= 0.3 is 27.3 Å². The Morgan fingerprint density at radius 1 is 1.27 bits per heavy atom. The summed E-state index contributed by atoms with van der Waals surface area (Å²) in [5.41, 5.74) is -0.677. The smallest absolute Gasteiger partial charge is 0.457 e. The average Bonchev–Trinajstić information content (AvgIpc) is 2.83. The van der Waals surface area contributed by atoms with Crippen LogP contribution in [0.25, 0.3) is 0 Å². The first-order valence-corrected chi connectivity index (χ1v) is 8.22. The summed E-state index contributed by atoms with van der Waals surface area (Å²) in [6, 6.07) is 0. The number of esters is 2. The van der Waals surface area contributed by atoms with Gasteiger partial charge in [-0.1, -0.05) is 13.3 Å². The number of hydrogen-bond acceptors (Lipinski definition) is 6. The fourth-order valence-electron chi connectivity index (χ4n) is 2.46. The van der Waals surface area contributed by atoms with Gasteiger partial charge in [0.2, 0.25) is 0 Å². The number of ether oxygens (including phenoxy) is 2. The van der Waals surface area contributed by atoms with Crippen molar-refractivity contribution in [2.75, 3.05) is 6.61 Å². The molecule has 1 N–H and O–H groups in total. The summed E-state index contributed by atoms with van der Waals surface area (Å²) in [6.07, 6.45) is 4.38. The Morgan fingerprint density at radius 2 is 1.82 bits per heavy atom. The van der Waals surface area contributed by atoms with Gasteiger partial charge in [-0.15, -0.1) is 0 Å². The van der Waals surface area contributed by atoms with Crippen molar-refractivity contribution in [2.45, 2.75) is 56.3 Å². The first kappa shape index (κ1) is 18.8. The molecule has 0 aromatic heterocycles. The maximum atomic E-state index is 12.9. The van der Waals surface area contributed by atoms with Crippen LogP contribution in [0.2, 0.25) is 0 Å². The van der Waals surface area contributed by atoms with Crippen LogP contribution in [0.5, 0.6) is 0 Å². The summed E-state index contributed by atoms with van der Waals surface area (Å²) in [5, 5.41) is -5.12. The molecule has 10 heteroatoms. The van der Waals surface area contributed by atoms with Crippen LogP contribution in [0, 0.1) is 0 Å². The van der Waals surface area contributed by atoms with E-state index in [2.05, 4.69) is 4.74 Å². The third-order valence-corrected chi connectivity index (χ3v) is 4.25. The van der Waals surface area contributed by atoms with E-state index in [1.165, 1.54) is 0 Å². The highest BCUT2D eigenvalue weighted by Gasteiger charge is 2.54. The molecule has 1 rings (SSSR count). The van der Waals surface area contributed by atoms with Crippen molar-refractivity contribution in [1.82, 2.24) is 0 Å². The number of rotatable bonds is 7. The number of carbonyl (C=O) groups excluding carboxylic acids is 2. The second-order valence-electron chi connectivity index (χ2n) is 5.18. The van der Waals surface area contributed by atoms with E-state index in [4.69, 9.17) is 9.29 Å². The molecule has 0 bridgehead atoms. The minimum absolute atomic E-state index is 0.605. The molecule has 0 heterocycles. The lowest BCUT2D eigenvalue weighted by atomic mass is 9.96. The van der Waals surface area contributed by atoms with Crippen LogP contribution in [-0.2, 0) is 29.2 Å². The quantitative estimate of drug-likeness (QED) is 0.553. The van der Waals surface area contributed by atoms with Crippen LogP contribution in [0.1, 0.15) is 45.4 Å². The van der Waals surface area contributed by atoms with Crippen LogP contribution in [-0.4, -0.2) is 42.4 Å². The van der Waals surface area contributed by atoms with Crippen molar-refractivity contribution in [3.8, 4) is 0 Å². The zero-order chi connectivity index (χ0) is 17.0.